The zero-order valence-corrected chi connectivity index (χ0v) is 19.9. The van der Waals surface area contributed by atoms with Gasteiger partial charge in [0.2, 0.25) is 11.8 Å². The summed E-state index contributed by atoms with van der Waals surface area (Å²) in [7, 11) is 1.62. The zero-order chi connectivity index (χ0) is 23.2. The van der Waals surface area contributed by atoms with E-state index in [0.29, 0.717) is 12.2 Å². The molecule has 1 aromatic heterocycles. The normalized spacial score (nSPS) is 11.5. The number of aromatic nitrogens is 2. The Morgan fingerprint density at radius 3 is 2.35 bits per heavy atom. The number of benzene rings is 1. The van der Waals surface area contributed by atoms with Crippen molar-refractivity contribution in [3.05, 3.63) is 36.0 Å². The first-order chi connectivity index (χ1) is 14.6. The van der Waals surface area contributed by atoms with Crippen LogP contribution in [0.5, 0.6) is 5.75 Å². The maximum atomic E-state index is 12.9. The molecule has 0 aliphatic carbocycles. The average molecular weight is 429 g/mol. The van der Waals surface area contributed by atoms with E-state index < -0.39 is 0 Å². The van der Waals surface area contributed by atoms with Gasteiger partial charge in [-0.1, -0.05) is 34.1 Å². The molecule has 2 aromatic rings. The van der Waals surface area contributed by atoms with E-state index in [9.17, 15) is 9.59 Å². The van der Waals surface area contributed by atoms with Crippen LogP contribution in [0.1, 0.15) is 66.5 Å². The van der Waals surface area contributed by atoms with Crippen LogP contribution in [0.25, 0.3) is 5.69 Å². The van der Waals surface area contributed by atoms with Crippen molar-refractivity contribution in [2.45, 2.75) is 72.3 Å². The minimum absolute atomic E-state index is 0.00560. The van der Waals surface area contributed by atoms with Gasteiger partial charge in [-0.3, -0.25) is 9.59 Å². The third-order valence-electron chi connectivity index (χ3n) is 5.06. The van der Waals surface area contributed by atoms with Gasteiger partial charge in [-0.2, -0.15) is 5.10 Å². The third-order valence-corrected chi connectivity index (χ3v) is 5.06. The van der Waals surface area contributed by atoms with E-state index in [1.54, 1.807) is 16.7 Å². The number of nitrogens with one attached hydrogen (secondary N) is 1. The topological polar surface area (TPSA) is 76.5 Å². The highest BCUT2D eigenvalue weighted by atomic mass is 16.5. The van der Waals surface area contributed by atoms with Crippen molar-refractivity contribution in [2.75, 3.05) is 19.0 Å². The van der Waals surface area contributed by atoms with E-state index in [2.05, 4.69) is 26.1 Å². The fourth-order valence-electron chi connectivity index (χ4n) is 3.12. The second-order valence-corrected chi connectivity index (χ2v) is 9.04. The molecule has 0 radical (unpaired) electrons. The minimum Gasteiger partial charge on any atom is -0.497 e. The zero-order valence-electron chi connectivity index (χ0n) is 19.9. The molecule has 0 saturated carbocycles. The van der Waals surface area contributed by atoms with Crippen LogP contribution in [0.3, 0.4) is 0 Å². The van der Waals surface area contributed by atoms with Crippen molar-refractivity contribution in [3.63, 3.8) is 0 Å². The third kappa shape index (κ3) is 6.57. The van der Waals surface area contributed by atoms with Crippen molar-refractivity contribution in [1.82, 2.24) is 14.7 Å². The Kier molecular flexibility index (Phi) is 8.25. The first-order valence-corrected chi connectivity index (χ1v) is 10.9. The fourth-order valence-corrected chi connectivity index (χ4v) is 3.12. The van der Waals surface area contributed by atoms with Gasteiger partial charge in [0.1, 0.15) is 18.1 Å². The Labute approximate surface area is 185 Å². The van der Waals surface area contributed by atoms with Gasteiger partial charge >= 0.3 is 0 Å². The number of methoxy groups -OCH3 is 1. The van der Waals surface area contributed by atoms with E-state index >= 15 is 0 Å². The van der Waals surface area contributed by atoms with Gasteiger partial charge in [0.25, 0.3) is 0 Å². The number of carbonyl (C=O) groups excluding carboxylic acids is 2. The lowest BCUT2D eigenvalue weighted by atomic mass is 9.92. The van der Waals surface area contributed by atoms with Crippen LogP contribution < -0.4 is 10.1 Å². The van der Waals surface area contributed by atoms with Crippen LogP contribution in [0.4, 0.5) is 5.82 Å². The minimum atomic E-state index is -0.242. The summed E-state index contributed by atoms with van der Waals surface area (Å²) in [6, 6.07) is 9.33. The molecule has 0 aliphatic heterocycles. The molecular formula is C24H36N4O3. The predicted molar refractivity (Wildman–Crippen MR) is 124 cm³/mol. The number of ether oxygens (including phenoxy) is 1. The number of anilines is 1. The number of rotatable bonds is 9. The molecule has 0 spiro atoms. The maximum Gasteiger partial charge on any atom is 0.245 e. The van der Waals surface area contributed by atoms with Gasteiger partial charge in [-0.15, -0.1) is 0 Å². The molecule has 0 unspecified atom stereocenters. The van der Waals surface area contributed by atoms with Crippen molar-refractivity contribution < 1.29 is 14.3 Å². The van der Waals surface area contributed by atoms with Gasteiger partial charge in [0.05, 0.1) is 18.5 Å². The van der Waals surface area contributed by atoms with Gasteiger partial charge in [0.15, 0.2) is 0 Å². The molecule has 0 fully saturated rings. The van der Waals surface area contributed by atoms with Gasteiger partial charge < -0.3 is 15.0 Å². The first kappa shape index (κ1) is 24.4. The molecule has 170 valence electrons. The lowest BCUT2D eigenvalue weighted by Crippen LogP contribution is -2.42. The van der Waals surface area contributed by atoms with Crippen molar-refractivity contribution >= 4 is 17.6 Å². The second-order valence-electron chi connectivity index (χ2n) is 9.04. The van der Waals surface area contributed by atoms with Crippen LogP contribution >= 0.6 is 0 Å². The summed E-state index contributed by atoms with van der Waals surface area (Å²) < 4.78 is 6.96. The van der Waals surface area contributed by atoms with Crippen molar-refractivity contribution in [3.8, 4) is 11.4 Å². The summed E-state index contributed by atoms with van der Waals surface area (Å²) in [5.74, 6) is 1.08. The largest absolute Gasteiger partial charge is 0.497 e. The molecule has 0 atom stereocenters. The number of amides is 2. The van der Waals surface area contributed by atoms with Gasteiger partial charge in [-0.05, 0) is 44.5 Å². The number of nitrogens with zero attached hydrogens (tertiary/aromatic N) is 3. The Hall–Kier alpha value is -2.83. The highest BCUT2D eigenvalue weighted by Crippen LogP contribution is 2.27. The highest BCUT2D eigenvalue weighted by molar-refractivity contribution is 5.94. The van der Waals surface area contributed by atoms with Crippen LogP contribution in [-0.2, 0) is 15.0 Å². The fraction of sp³-hybridized carbons (Fsp3) is 0.542. The van der Waals surface area contributed by atoms with Gasteiger partial charge in [0, 0.05) is 23.9 Å². The van der Waals surface area contributed by atoms with Crippen LogP contribution in [0.15, 0.2) is 30.3 Å². The number of unbranched alkanes of at least 4 members (excludes halogenated alkanes) is 1. The monoisotopic (exact) mass is 428 g/mol. The maximum absolute atomic E-state index is 12.9. The molecule has 2 amide bonds. The molecule has 0 aliphatic rings. The highest BCUT2D eigenvalue weighted by Gasteiger charge is 2.24. The van der Waals surface area contributed by atoms with Crippen LogP contribution in [0, 0.1) is 0 Å². The number of hydrogen-bond donors (Lipinski definition) is 1. The Morgan fingerprint density at radius 2 is 1.84 bits per heavy atom. The molecule has 1 aromatic carbocycles. The summed E-state index contributed by atoms with van der Waals surface area (Å²) in [5, 5.41) is 7.69. The summed E-state index contributed by atoms with van der Waals surface area (Å²) in [6.45, 7) is 12.1. The standard InChI is InChI=1S/C24H36N4O3/c1-8-9-10-23(30)27(17(2)3)16-22(29)25-21-15-20(24(4,5)6)26-28(21)18-11-13-19(31-7)14-12-18/h11-15,17H,8-10,16H2,1-7H3,(H,25,29). The number of carbonyl (C=O) groups is 2. The molecule has 0 saturated heterocycles. The predicted octanol–water partition coefficient (Wildman–Crippen LogP) is 4.54. The average Bonchev–Trinajstić information content (AvgIpc) is 3.14. The second kappa shape index (κ2) is 10.5. The Bertz CT molecular complexity index is 879. The Morgan fingerprint density at radius 1 is 1.19 bits per heavy atom. The Balaban J connectivity index is 2.28. The van der Waals surface area contributed by atoms with E-state index in [0.717, 1.165) is 30.0 Å². The summed E-state index contributed by atoms with van der Waals surface area (Å²) in [5.41, 5.74) is 1.49. The summed E-state index contributed by atoms with van der Waals surface area (Å²) in [4.78, 5) is 27.0. The smallest absolute Gasteiger partial charge is 0.245 e. The SMILES string of the molecule is CCCCC(=O)N(CC(=O)Nc1cc(C(C)(C)C)nn1-c1ccc(OC)cc1)C(C)C. The van der Waals surface area contributed by atoms with Crippen molar-refractivity contribution in [2.24, 2.45) is 0 Å². The van der Waals surface area contributed by atoms with Crippen LogP contribution in [-0.4, -0.2) is 46.2 Å². The quantitative estimate of drug-likeness (QED) is 0.636. The lowest BCUT2D eigenvalue weighted by molar-refractivity contribution is -0.136. The molecule has 1 N–H and O–H groups in total. The first-order valence-electron chi connectivity index (χ1n) is 10.9. The number of hydrogen-bond acceptors (Lipinski definition) is 4. The van der Waals surface area contributed by atoms with E-state index in [-0.39, 0.29) is 29.8 Å². The molecule has 0 bridgehead atoms. The molecular weight excluding hydrogens is 392 g/mol. The van der Waals surface area contributed by atoms with E-state index in [4.69, 9.17) is 9.84 Å². The van der Waals surface area contributed by atoms with E-state index in [1.807, 2.05) is 51.1 Å². The van der Waals surface area contributed by atoms with E-state index in [1.165, 1.54) is 0 Å². The molecule has 7 nitrogen and oxygen atoms in total. The molecule has 1 heterocycles. The summed E-state index contributed by atoms with van der Waals surface area (Å²) >= 11 is 0. The molecule has 31 heavy (non-hydrogen) atoms. The lowest BCUT2D eigenvalue weighted by Gasteiger charge is -2.26. The summed E-state index contributed by atoms with van der Waals surface area (Å²) in [6.07, 6.45) is 2.23. The molecule has 7 heteroatoms. The van der Waals surface area contributed by atoms with Gasteiger partial charge in [-0.25, -0.2) is 4.68 Å². The van der Waals surface area contributed by atoms with Crippen LogP contribution in [0.2, 0.25) is 0 Å². The molecule has 2 rings (SSSR count). The van der Waals surface area contributed by atoms with Crippen molar-refractivity contribution in [1.29, 1.82) is 0 Å².